The van der Waals surface area contributed by atoms with E-state index in [0.717, 1.165) is 43.4 Å². The van der Waals surface area contributed by atoms with Crippen LogP contribution < -0.4 is 5.73 Å². The molecule has 3 rings (SSSR count). The van der Waals surface area contributed by atoms with E-state index in [-0.39, 0.29) is 10.8 Å². The topological polar surface area (TPSA) is 62.7 Å². The molecule has 0 atom stereocenters. The second-order valence-corrected chi connectivity index (χ2v) is 6.23. The number of nitrogen functional groups attached to an aromatic ring is 1. The van der Waals surface area contributed by atoms with Crippen molar-refractivity contribution in [2.45, 2.75) is 38.5 Å². The van der Waals surface area contributed by atoms with Gasteiger partial charge in [0.05, 0.1) is 5.02 Å². The molecular weight excluding hydrogens is 313 g/mol. The fourth-order valence-corrected chi connectivity index (χ4v) is 3.32. The molecule has 1 aromatic carbocycles. The van der Waals surface area contributed by atoms with E-state index in [1.165, 1.54) is 18.6 Å². The van der Waals surface area contributed by atoms with Crippen molar-refractivity contribution in [3.8, 4) is 17.2 Å². The Labute approximate surface area is 139 Å². The Hall–Kier alpha value is -2.12. The quantitative estimate of drug-likeness (QED) is 0.828. The Balaban J connectivity index is 2.27. The summed E-state index contributed by atoms with van der Waals surface area (Å²) in [6.07, 6.45) is 6.09. The molecule has 3 nitrogen and oxygen atoms in total. The first-order valence-corrected chi connectivity index (χ1v) is 8.16. The summed E-state index contributed by atoms with van der Waals surface area (Å²) in [4.78, 5) is 4.45. The molecule has 0 bridgehead atoms. The number of halogens is 2. The highest BCUT2D eigenvalue weighted by molar-refractivity contribution is 6.30. The number of hydrogen-bond acceptors (Lipinski definition) is 3. The van der Waals surface area contributed by atoms with E-state index in [0.29, 0.717) is 16.7 Å². The van der Waals surface area contributed by atoms with Crippen LogP contribution in [0.3, 0.4) is 0 Å². The smallest absolute Gasteiger partial charge is 0.142 e. The van der Waals surface area contributed by atoms with Crippen molar-refractivity contribution in [3.05, 3.63) is 45.9 Å². The lowest BCUT2D eigenvalue weighted by Crippen LogP contribution is -2.10. The second-order valence-electron chi connectivity index (χ2n) is 5.83. The molecule has 1 aliphatic carbocycles. The minimum atomic E-state index is -0.497. The number of fused-ring (bicyclic) bond motifs is 1. The summed E-state index contributed by atoms with van der Waals surface area (Å²) >= 11 is 5.79. The van der Waals surface area contributed by atoms with Crippen LogP contribution >= 0.6 is 11.6 Å². The molecule has 0 saturated heterocycles. The van der Waals surface area contributed by atoms with E-state index in [2.05, 4.69) is 11.1 Å². The molecule has 0 saturated carbocycles. The van der Waals surface area contributed by atoms with Gasteiger partial charge in [0.15, 0.2) is 0 Å². The fraction of sp³-hybridized carbons (Fsp3) is 0.333. The summed E-state index contributed by atoms with van der Waals surface area (Å²) in [7, 11) is 0. The van der Waals surface area contributed by atoms with Crippen LogP contribution in [-0.2, 0) is 12.8 Å². The third-order valence-electron chi connectivity index (χ3n) is 4.32. The van der Waals surface area contributed by atoms with Crippen LogP contribution in [-0.4, -0.2) is 4.98 Å². The Bertz CT molecular complexity index is 796. The van der Waals surface area contributed by atoms with Crippen LogP contribution in [0.25, 0.3) is 11.1 Å². The highest BCUT2D eigenvalue weighted by Crippen LogP contribution is 2.36. The molecule has 1 aromatic heterocycles. The Kier molecular flexibility index (Phi) is 4.49. The number of rotatable bonds is 1. The number of nitriles is 1. The summed E-state index contributed by atoms with van der Waals surface area (Å²) in [5.41, 5.74) is 9.63. The van der Waals surface area contributed by atoms with E-state index >= 15 is 0 Å². The first-order valence-electron chi connectivity index (χ1n) is 7.78. The fourth-order valence-electron chi connectivity index (χ4n) is 3.20. The Morgan fingerprint density at radius 2 is 1.91 bits per heavy atom. The molecule has 5 heteroatoms. The van der Waals surface area contributed by atoms with Gasteiger partial charge in [-0.1, -0.05) is 30.5 Å². The highest BCUT2D eigenvalue weighted by Gasteiger charge is 2.21. The van der Waals surface area contributed by atoms with Gasteiger partial charge >= 0.3 is 0 Å². The number of nitrogens with zero attached hydrogens (tertiary/aromatic N) is 2. The molecule has 0 radical (unpaired) electrons. The maximum atomic E-state index is 13.9. The SMILES string of the molecule is N#Cc1c(N)nc2c(c1-c1ccc(Cl)c(F)c1)CCCCCC2. The number of benzene rings is 1. The van der Waals surface area contributed by atoms with Gasteiger partial charge < -0.3 is 5.73 Å². The largest absolute Gasteiger partial charge is 0.383 e. The number of hydrogen-bond donors (Lipinski definition) is 1. The van der Waals surface area contributed by atoms with Crippen LogP contribution in [0.4, 0.5) is 10.2 Å². The van der Waals surface area contributed by atoms with Gasteiger partial charge in [-0.2, -0.15) is 5.26 Å². The van der Waals surface area contributed by atoms with Gasteiger partial charge in [-0.25, -0.2) is 9.37 Å². The van der Waals surface area contributed by atoms with Crippen molar-refractivity contribution in [2.24, 2.45) is 0 Å². The van der Waals surface area contributed by atoms with Crippen LogP contribution in [0.2, 0.25) is 5.02 Å². The van der Waals surface area contributed by atoms with Crippen LogP contribution in [0.15, 0.2) is 18.2 Å². The first-order chi connectivity index (χ1) is 11.1. The zero-order chi connectivity index (χ0) is 16.4. The molecule has 0 fully saturated rings. The van der Waals surface area contributed by atoms with Crippen LogP contribution in [0.5, 0.6) is 0 Å². The number of aromatic nitrogens is 1. The van der Waals surface area contributed by atoms with Crippen molar-refractivity contribution < 1.29 is 4.39 Å². The summed E-state index contributed by atoms with van der Waals surface area (Å²) < 4.78 is 13.9. The number of aryl methyl sites for hydroxylation is 1. The third kappa shape index (κ3) is 3.02. The molecule has 0 unspecified atom stereocenters. The minimum Gasteiger partial charge on any atom is -0.383 e. The van der Waals surface area contributed by atoms with Gasteiger partial charge in [0.1, 0.15) is 23.3 Å². The normalized spacial score (nSPS) is 14.5. The summed E-state index contributed by atoms with van der Waals surface area (Å²) in [6, 6.07) is 6.76. The molecular formula is C18H17ClFN3. The average Bonchev–Trinajstić information content (AvgIpc) is 2.51. The number of nitrogens with two attached hydrogens (primary N) is 1. The molecule has 23 heavy (non-hydrogen) atoms. The van der Waals surface area contributed by atoms with Crippen molar-refractivity contribution in [3.63, 3.8) is 0 Å². The van der Waals surface area contributed by atoms with Crippen molar-refractivity contribution in [2.75, 3.05) is 5.73 Å². The molecule has 0 amide bonds. The van der Waals surface area contributed by atoms with Gasteiger partial charge in [0.25, 0.3) is 0 Å². The standard InChI is InChI=1S/C18H17ClFN3/c19-14-8-7-11(9-15(14)20)17-12-5-3-1-2-4-6-16(12)23-18(22)13(17)10-21/h7-9H,1-6H2,(H2,22,23). The van der Waals surface area contributed by atoms with E-state index in [4.69, 9.17) is 17.3 Å². The zero-order valence-corrected chi connectivity index (χ0v) is 13.5. The highest BCUT2D eigenvalue weighted by atomic mass is 35.5. The maximum Gasteiger partial charge on any atom is 0.142 e. The van der Waals surface area contributed by atoms with E-state index < -0.39 is 5.82 Å². The number of anilines is 1. The second kappa shape index (κ2) is 6.55. The molecule has 118 valence electrons. The third-order valence-corrected chi connectivity index (χ3v) is 4.63. The molecule has 1 aliphatic rings. The lowest BCUT2D eigenvalue weighted by Gasteiger charge is -2.19. The summed E-state index contributed by atoms with van der Waals surface area (Å²) in [5.74, 6) is -0.278. The van der Waals surface area contributed by atoms with Gasteiger partial charge in [-0.3, -0.25) is 0 Å². The van der Waals surface area contributed by atoms with E-state index in [1.807, 2.05) is 0 Å². The van der Waals surface area contributed by atoms with E-state index in [9.17, 15) is 9.65 Å². The lowest BCUT2D eigenvalue weighted by molar-refractivity contribution is 0.609. The lowest BCUT2D eigenvalue weighted by atomic mass is 9.88. The van der Waals surface area contributed by atoms with Gasteiger partial charge in [0, 0.05) is 11.3 Å². The van der Waals surface area contributed by atoms with Crippen molar-refractivity contribution in [1.29, 1.82) is 5.26 Å². The predicted octanol–water partition coefficient (Wildman–Crippen LogP) is 4.65. The monoisotopic (exact) mass is 329 g/mol. The van der Waals surface area contributed by atoms with Gasteiger partial charge in [-0.15, -0.1) is 0 Å². The molecule has 2 N–H and O–H groups in total. The first kappa shape index (κ1) is 15.8. The van der Waals surface area contributed by atoms with Crippen LogP contribution in [0, 0.1) is 17.1 Å². The average molecular weight is 330 g/mol. The van der Waals surface area contributed by atoms with Gasteiger partial charge in [-0.05, 0) is 48.9 Å². The Morgan fingerprint density at radius 3 is 2.61 bits per heavy atom. The molecule has 0 aliphatic heterocycles. The molecule has 0 spiro atoms. The minimum absolute atomic E-state index is 0.0668. The summed E-state index contributed by atoms with van der Waals surface area (Å²) in [5, 5.41) is 9.59. The number of pyridine rings is 1. The molecule has 2 aromatic rings. The van der Waals surface area contributed by atoms with Crippen molar-refractivity contribution >= 4 is 17.4 Å². The van der Waals surface area contributed by atoms with Crippen LogP contribution in [0.1, 0.15) is 42.5 Å². The van der Waals surface area contributed by atoms with Gasteiger partial charge in [0.2, 0.25) is 0 Å². The summed E-state index contributed by atoms with van der Waals surface area (Å²) in [6.45, 7) is 0. The maximum absolute atomic E-state index is 13.9. The van der Waals surface area contributed by atoms with E-state index in [1.54, 1.807) is 6.07 Å². The molecule has 1 heterocycles. The zero-order valence-electron chi connectivity index (χ0n) is 12.7. The van der Waals surface area contributed by atoms with Crippen molar-refractivity contribution in [1.82, 2.24) is 4.98 Å². The predicted molar refractivity (Wildman–Crippen MR) is 89.6 cm³/mol. The Morgan fingerprint density at radius 1 is 1.17 bits per heavy atom.